The number of hydrogen-bond donors (Lipinski definition) is 1. The van der Waals surface area contributed by atoms with Gasteiger partial charge in [-0.05, 0) is 59.6 Å². The van der Waals surface area contributed by atoms with Crippen LogP contribution in [-0.4, -0.2) is 15.6 Å². The zero-order chi connectivity index (χ0) is 15.0. The summed E-state index contributed by atoms with van der Waals surface area (Å²) in [5, 5.41) is 9.87. The summed E-state index contributed by atoms with van der Waals surface area (Å²) >= 11 is 9.00. The van der Waals surface area contributed by atoms with Gasteiger partial charge in [0, 0.05) is 16.4 Å². The number of benzene rings is 1. The number of carboxylic acids is 1. The van der Waals surface area contributed by atoms with E-state index in [4.69, 9.17) is 11.6 Å². The third-order valence-electron chi connectivity index (χ3n) is 3.09. The van der Waals surface area contributed by atoms with Gasteiger partial charge in [0.05, 0.1) is 10.0 Å². The van der Waals surface area contributed by atoms with Gasteiger partial charge < -0.3 is 5.11 Å². The molecule has 0 amide bonds. The van der Waals surface area contributed by atoms with Crippen LogP contribution < -0.4 is 5.56 Å². The van der Waals surface area contributed by atoms with Crippen LogP contribution in [0.15, 0.2) is 33.5 Å². The van der Waals surface area contributed by atoms with Crippen LogP contribution in [0.5, 0.6) is 0 Å². The maximum absolute atomic E-state index is 12.4. The average Bonchev–Trinajstić information content (AvgIpc) is 2.38. The van der Waals surface area contributed by atoms with Gasteiger partial charge in [0.2, 0.25) is 0 Å². The lowest BCUT2D eigenvalue weighted by Crippen LogP contribution is -2.25. The standard InChI is InChI=1S/C14H11BrClNO3/c1-7-11(14(19)20)8(2)17(13(18)12(7)15)10-5-3-9(16)4-6-10/h3-6H,1-2H3,(H,19,20). The van der Waals surface area contributed by atoms with Crippen LogP contribution in [-0.2, 0) is 0 Å². The first kappa shape index (κ1) is 14.8. The Morgan fingerprint density at radius 3 is 2.30 bits per heavy atom. The molecule has 1 N–H and O–H groups in total. The molecule has 2 rings (SSSR count). The quantitative estimate of drug-likeness (QED) is 0.895. The first-order chi connectivity index (χ1) is 9.34. The Morgan fingerprint density at radius 1 is 1.25 bits per heavy atom. The molecule has 6 heteroatoms. The Hall–Kier alpha value is -1.59. The molecule has 104 valence electrons. The number of aromatic nitrogens is 1. The fraction of sp³-hybridized carbons (Fsp3) is 0.143. The SMILES string of the molecule is Cc1c(C(=O)O)c(C)n(-c2ccc(Cl)cc2)c(=O)c1Br. The highest BCUT2D eigenvalue weighted by atomic mass is 79.9. The lowest BCUT2D eigenvalue weighted by Gasteiger charge is -2.15. The van der Waals surface area contributed by atoms with E-state index in [1.165, 1.54) is 4.57 Å². The summed E-state index contributed by atoms with van der Waals surface area (Å²) in [5.74, 6) is -1.07. The van der Waals surface area contributed by atoms with Gasteiger partial charge in [-0.1, -0.05) is 11.6 Å². The van der Waals surface area contributed by atoms with E-state index in [0.29, 0.717) is 22.0 Å². The van der Waals surface area contributed by atoms with Gasteiger partial charge in [-0.3, -0.25) is 9.36 Å². The average molecular weight is 357 g/mol. The Kier molecular flexibility index (Phi) is 4.01. The van der Waals surface area contributed by atoms with Gasteiger partial charge in [0.15, 0.2) is 0 Å². The summed E-state index contributed by atoms with van der Waals surface area (Å²) in [6.45, 7) is 3.22. The van der Waals surface area contributed by atoms with Gasteiger partial charge in [-0.15, -0.1) is 0 Å². The van der Waals surface area contributed by atoms with E-state index in [1.54, 1.807) is 38.1 Å². The fourth-order valence-electron chi connectivity index (χ4n) is 2.12. The van der Waals surface area contributed by atoms with Crippen molar-refractivity contribution in [3.8, 4) is 5.69 Å². The molecule has 20 heavy (non-hydrogen) atoms. The second-order valence-electron chi connectivity index (χ2n) is 4.32. The molecule has 0 saturated heterocycles. The lowest BCUT2D eigenvalue weighted by atomic mass is 10.1. The molecule has 1 aromatic carbocycles. The maximum atomic E-state index is 12.4. The van der Waals surface area contributed by atoms with Gasteiger partial charge in [0.1, 0.15) is 0 Å². The van der Waals surface area contributed by atoms with Gasteiger partial charge >= 0.3 is 5.97 Å². The number of aromatic carboxylic acids is 1. The summed E-state index contributed by atoms with van der Waals surface area (Å²) in [4.78, 5) is 23.7. The molecule has 0 unspecified atom stereocenters. The normalized spacial score (nSPS) is 10.6. The predicted molar refractivity (Wildman–Crippen MR) is 81.2 cm³/mol. The van der Waals surface area contributed by atoms with Crippen molar-refractivity contribution < 1.29 is 9.90 Å². The summed E-state index contributed by atoms with van der Waals surface area (Å²) < 4.78 is 1.60. The second kappa shape index (κ2) is 5.42. The van der Waals surface area contributed by atoms with Crippen molar-refractivity contribution in [2.75, 3.05) is 0 Å². The van der Waals surface area contributed by atoms with E-state index in [2.05, 4.69) is 15.9 Å². The summed E-state index contributed by atoms with van der Waals surface area (Å²) in [5.41, 5.74) is 1.19. The molecule has 0 radical (unpaired) electrons. The van der Waals surface area contributed by atoms with Crippen LogP contribution in [0, 0.1) is 13.8 Å². The molecule has 0 spiro atoms. The number of carboxylic acid groups (broad SMARTS) is 1. The maximum Gasteiger partial charge on any atom is 0.337 e. The third-order valence-corrected chi connectivity index (χ3v) is 4.28. The van der Waals surface area contributed by atoms with Crippen LogP contribution in [0.1, 0.15) is 21.6 Å². The first-order valence-corrected chi connectivity index (χ1v) is 6.92. The number of rotatable bonds is 2. The molecule has 0 atom stereocenters. The van der Waals surface area contributed by atoms with E-state index in [9.17, 15) is 14.7 Å². The molecule has 1 heterocycles. The predicted octanol–water partition coefficient (Wildman–Crippen LogP) is 3.57. The summed E-state index contributed by atoms with van der Waals surface area (Å²) in [7, 11) is 0. The summed E-state index contributed by atoms with van der Waals surface area (Å²) in [6, 6.07) is 6.64. The molecular formula is C14H11BrClNO3. The van der Waals surface area contributed by atoms with Crippen molar-refractivity contribution >= 4 is 33.5 Å². The topological polar surface area (TPSA) is 59.3 Å². The Labute approximate surface area is 128 Å². The molecule has 0 fully saturated rings. The zero-order valence-corrected chi connectivity index (χ0v) is 13.1. The van der Waals surface area contributed by atoms with E-state index in [0.717, 1.165) is 0 Å². The number of halogens is 2. The number of pyridine rings is 1. The highest BCUT2D eigenvalue weighted by Gasteiger charge is 2.20. The van der Waals surface area contributed by atoms with Crippen molar-refractivity contribution in [1.82, 2.24) is 4.57 Å². The van der Waals surface area contributed by atoms with Crippen molar-refractivity contribution in [3.63, 3.8) is 0 Å². The van der Waals surface area contributed by atoms with Crippen LogP contribution in [0.4, 0.5) is 0 Å². The minimum absolute atomic E-state index is 0.117. The van der Waals surface area contributed by atoms with E-state index < -0.39 is 5.97 Å². The Balaban J connectivity index is 2.86. The Morgan fingerprint density at radius 2 is 1.80 bits per heavy atom. The highest BCUT2D eigenvalue weighted by Crippen LogP contribution is 2.22. The minimum Gasteiger partial charge on any atom is -0.478 e. The van der Waals surface area contributed by atoms with E-state index in [1.807, 2.05) is 0 Å². The highest BCUT2D eigenvalue weighted by molar-refractivity contribution is 9.10. The molecule has 0 aliphatic rings. The monoisotopic (exact) mass is 355 g/mol. The summed E-state index contributed by atoms with van der Waals surface area (Å²) in [6.07, 6.45) is 0. The minimum atomic E-state index is -1.07. The lowest BCUT2D eigenvalue weighted by molar-refractivity contribution is 0.0694. The number of hydrogen-bond acceptors (Lipinski definition) is 2. The Bertz CT molecular complexity index is 750. The van der Waals surface area contributed by atoms with Gasteiger partial charge in [0.25, 0.3) is 5.56 Å². The molecule has 4 nitrogen and oxygen atoms in total. The third kappa shape index (κ3) is 2.39. The van der Waals surface area contributed by atoms with Crippen LogP contribution in [0.3, 0.4) is 0 Å². The van der Waals surface area contributed by atoms with E-state index >= 15 is 0 Å². The van der Waals surface area contributed by atoms with Crippen molar-refractivity contribution in [2.24, 2.45) is 0 Å². The van der Waals surface area contributed by atoms with Crippen LogP contribution in [0.25, 0.3) is 5.69 Å². The molecule has 2 aromatic rings. The first-order valence-electron chi connectivity index (χ1n) is 5.75. The van der Waals surface area contributed by atoms with Crippen molar-refractivity contribution in [3.05, 3.63) is 60.9 Å². The number of nitrogens with zero attached hydrogens (tertiary/aromatic N) is 1. The van der Waals surface area contributed by atoms with Crippen LogP contribution >= 0.6 is 27.5 Å². The van der Waals surface area contributed by atoms with Crippen LogP contribution in [0.2, 0.25) is 5.02 Å². The molecule has 0 bridgehead atoms. The van der Waals surface area contributed by atoms with Gasteiger partial charge in [-0.2, -0.15) is 0 Å². The molecule has 0 aliphatic heterocycles. The van der Waals surface area contributed by atoms with E-state index in [-0.39, 0.29) is 15.6 Å². The number of carbonyl (C=O) groups is 1. The fourth-order valence-corrected chi connectivity index (χ4v) is 2.62. The smallest absolute Gasteiger partial charge is 0.337 e. The molecule has 1 aromatic heterocycles. The van der Waals surface area contributed by atoms with Crippen molar-refractivity contribution in [1.29, 1.82) is 0 Å². The second-order valence-corrected chi connectivity index (χ2v) is 5.55. The van der Waals surface area contributed by atoms with Gasteiger partial charge in [-0.25, -0.2) is 4.79 Å². The molecule has 0 saturated carbocycles. The zero-order valence-electron chi connectivity index (χ0n) is 10.8. The molecular weight excluding hydrogens is 346 g/mol. The van der Waals surface area contributed by atoms with Crippen molar-refractivity contribution in [2.45, 2.75) is 13.8 Å². The molecule has 0 aliphatic carbocycles. The largest absolute Gasteiger partial charge is 0.478 e.